The summed E-state index contributed by atoms with van der Waals surface area (Å²) in [6.07, 6.45) is 1.18. The van der Waals surface area contributed by atoms with Crippen LogP contribution in [0.25, 0.3) is 10.9 Å². The highest BCUT2D eigenvalue weighted by Gasteiger charge is 2.35. The van der Waals surface area contributed by atoms with E-state index < -0.39 is 24.9 Å². The second kappa shape index (κ2) is 4.28. The van der Waals surface area contributed by atoms with Crippen LogP contribution in [0.4, 0.5) is 4.79 Å². The Labute approximate surface area is 121 Å². The van der Waals surface area contributed by atoms with E-state index in [0.29, 0.717) is 21.5 Å². The molecule has 1 aromatic heterocycles. The Bertz CT molecular complexity index is 852. The minimum atomic E-state index is -3.04. The van der Waals surface area contributed by atoms with Crippen LogP contribution in [0.2, 0.25) is 6.43 Å². The average molecular weight is 283 g/mol. The number of carbonyl (C=O) groups is 2. The highest BCUT2D eigenvalue weighted by Crippen LogP contribution is 2.26. The maximum absolute atomic E-state index is 12.4. The van der Waals surface area contributed by atoms with E-state index >= 15 is 0 Å². The van der Waals surface area contributed by atoms with Crippen molar-refractivity contribution in [2.75, 3.05) is 6.98 Å². The predicted octanol–water partition coefficient (Wildman–Crippen LogP) is 1.91. The minimum absolute atomic E-state index is 0.0190. The van der Waals surface area contributed by atoms with Crippen molar-refractivity contribution in [1.29, 1.82) is 0 Å². The molecule has 0 bridgehead atoms. The molecule has 19 heavy (non-hydrogen) atoms. The summed E-state index contributed by atoms with van der Waals surface area (Å²) in [7, 11) is 0. The Balaban J connectivity index is 2.03. The number of hydrogen-bond donors (Lipinski definition) is 2. The molecule has 0 aliphatic carbocycles. The highest BCUT2D eigenvalue weighted by atomic mass is 35.5. The fourth-order valence-corrected chi connectivity index (χ4v) is 2.28. The van der Waals surface area contributed by atoms with Crippen LogP contribution in [-0.4, -0.2) is 34.8 Å². The highest BCUT2D eigenvalue weighted by molar-refractivity contribution is 6.35. The van der Waals surface area contributed by atoms with E-state index in [1.807, 2.05) is 0 Å². The number of amides is 3. The van der Waals surface area contributed by atoms with Crippen LogP contribution >= 0.6 is 11.6 Å². The summed E-state index contributed by atoms with van der Waals surface area (Å²) >= 11 is 6.06. The van der Waals surface area contributed by atoms with Gasteiger partial charge >= 0.3 is 6.03 Å². The Kier molecular flexibility index (Phi) is 1.70. The van der Waals surface area contributed by atoms with Gasteiger partial charge in [-0.25, -0.2) is 4.79 Å². The molecule has 1 atom stereocenters. The zero-order chi connectivity index (χ0) is 17.9. The van der Waals surface area contributed by atoms with Crippen LogP contribution in [0, 0.1) is 0 Å². The standard InChI is InChI=1S/C13H12ClN3O2/c1-17-12(18)10(16-13(17)19)5-7-6-15-11-8(7)3-2-4-9(11)14/h2-4,6,10,15H,5H2,1H3,(H,16,19)/i1D3,10D/hD. The molecule has 3 amide bonds. The maximum atomic E-state index is 12.4. The molecule has 1 aliphatic rings. The summed E-state index contributed by atoms with van der Waals surface area (Å²) in [6.45, 7) is -3.04. The van der Waals surface area contributed by atoms with Gasteiger partial charge in [0.2, 0.25) is 0 Å². The maximum Gasteiger partial charge on any atom is 0.324 e. The second-order valence-corrected chi connectivity index (χ2v) is 4.54. The van der Waals surface area contributed by atoms with Crippen molar-refractivity contribution in [2.45, 2.75) is 12.4 Å². The van der Waals surface area contributed by atoms with Crippen LogP contribution in [0.5, 0.6) is 0 Å². The molecule has 3 rings (SSSR count). The van der Waals surface area contributed by atoms with Crippen molar-refractivity contribution in [3.63, 3.8) is 0 Å². The largest absolute Gasteiger partial charge is 0.360 e. The van der Waals surface area contributed by atoms with Gasteiger partial charge in [0.1, 0.15) is 6.02 Å². The van der Waals surface area contributed by atoms with E-state index in [1.54, 1.807) is 18.2 Å². The fourth-order valence-electron chi connectivity index (χ4n) is 2.05. The topological polar surface area (TPSA) is 65.2 Å². The Morgan fingerprint density at radius 3 is 3.16 bits per heavy atom. The number of fused-ring (bicyclic) bond motifs is 1. The fraction of sp³-hybridized carbons (Fsp3) is 0.231. The summed E-state index contributed by atoms with van der Waals surface area (Å²) in [5.41, 5.74) is 1.08. The smallest absolute Gasteiger partial charge is 0.324 e. The molecule has 2 aromatic rings. The lowest BCUT2D eigenvalue weighted by Gasteiger charge is -2.07. The van der Waals surface area contributed by atoms with Gasteiger partial charge in [-0.1, -0.05) is 23.7 Å². The third kappa shape index (κ3) is 1.86. The summed E-state index contributed by atoms with van der Waals surface area (Å²) < 4.78 is 37.8. The molecule has 1 fully saturated rings. The predicted molar refractivity (Wildman–Crippen MR) is 72.1 cm³/mol. The quantitative estimate of drug-likeness (QED) is 0.827. The van der Waals surface area contributed by atoms with Gasteiger partial charge in [-0.3, -0.25) is 9.69 Å². The summed E-state index contributed by atoms with van der Waals surface area (Å²) in [5, 5.41) is 1.18. The van der Waals surface area contributed by atoms with Crippen LogP contribution < -0.4 is 5.31 Å². The van der Waals surface area contributed by atoms with Gasteiger partial charge in [0.05, 0.1) is 11.9 Å². The van der Waals surface area contributed by atoms with Crippen LogP contribution in [0.15, 0.2) is 24.4 Å². The third-order valence-electron chi connectivity index (χ3n) is 2.98. The van der Waals surface area contributed by atoms with E-state index in [9.17, 15) is 9.59 Å². The first-order valence-corrected chi connectivity index (χ1v) is 5.87. The first kappa shape index (κ1) is 7.55. The van der Waals surface area contributed by atoms with Gasteiger partial charge in [-0.05, 0) is 11.6 Å². The van der Waals surface area contributed by atoms with Crippen LogP contribution in [-0.2, 0) is 11.2 Å². The number of hydrogen-bond acceptors (Lipinski definition) is 2. The van der Waals surface area contributed by atoms with Crippen molar-refractivity contribution < 1.29 is 16.5 Å². The van der Waals surface area contributed by atoms with Gasteiger partial charge in [0.25, 0.3) is 5.91 Å². The lowest BCUT2D eigenvalue weighted by molar-refractivity contribution is -0.126. The number of para-hydroxylation sites is 1. The Hall–Kier alpha value is -2.01. The molecule has 2 heterocycles. The molecular weight excluding hydrogens is 266 g/mol. The lowest BCUT2D eigenvalue weighted by atomic mass is 10.1. The van der Waals surface area contributed by atoms with Crippen molar-refractivity contribution in [3.05, 3.63) is 35.0 Å². The molecule has 98 valence electrons. The van der Waals surface area contributed by atoms with E-state index in [4.69, 9.17) is 18.5 Å². The molecule has 1 saturated heterocycles. The molecule has 0 radical (unpaired) electrons. The first-order valence-electron chi connectivity index (χ1n) is 7.94. The SMILES string of the molecule is [2H]N1C(=O)N(C([2H])([2H])[2H])C(=O)C1([2H])Cc1c[nH]c2c(Cl)cccc12. The molecular formula is C13H12ClN3O2. The number of aromatic nitrogens is 1. The second-order valence-electron chi connectivity index (χ2n) is 4.13. The number of halogens is 1. The molecule has 1 unspecified atom stereocenters. The third-order valence-corrected chi connectivity index (χ3v) is 3.30. The van der Waals surface area contributed by atoms with E-state index in [1.165, 1.54) is 6.20 Å². The number of nitrogens with zero attached hydrogens (tertiary/aromatic N) is 1. The molecule has 6 heteroatoms. The normalized spacial score (nSPS) is 28.2. The van der Waals surface area contributed by atoms with Gasteiger partial charge < -0.3 is 10.3 Å². The van der Waals surface area contributed by atoms with Crippen molar-refractivity contribution in [1.82, 2.24) is 15.2 Å². The molecule has 2 N–H and O–H groups in total. The lowest BCUT2D eigenvalue weighted by Crippen LogP contribution is -2.31. The first-order chi connectivity index (χ1) is 11.1. The number of likely N-dealkylation sites (N-methyl/N-ethyl adjacent to an activating group) is 1. The Morgan fingerprint density at radius 1 is 1.58 bits per heavy atom. The number of nitrogens with one attached hydrogen (secondary N) is 2. The van der Waals surface area contributed by atoms with Crippen molar-refractivity contribution in [2.24, 2.45) is 0 Å². The van der Waals surface area contributed by atoms with Crippen molar-refractivity contribution >= 4 is 34.4 Å². The number of rotatable bonds is 2. The van der Waals surface area contributed by atoms with Gasteiger partial charge in [-0.2, -0.15) is 0 Å². The molecule has 0 saturated carbocycles. The van der Waals surface area contributed by atoms with Crippen molar-refractivity contribution in [3.8, 4) is 0 Å². The molecule has 1 aliphatic heterocycles. The van der Waals surface area contributed by atoms with Crippen LogP contribution in [0.1, 0.15) is 11.0 Å². The van der Waals surface area contributed by atoms with Gasteiger partial charge in [-0.15, -0.1) is 0 Å². The summed E-state index contributed by atoms with van der Waals surface area (Å²) in [6, 6.07) is 1.37. The average Bonchev–Trinajstić information content (AvgIpc) is 2.95. The molecule has 1 aromatic carbocycles. The summed E-state index contributed by atoms with van der Waals surface area (Å²) in [5.74, 6) is -1.25. The van der Waals surface area contributed by atoms with Gasteiger partial charge in [0, 0.05) is 29.1 Å². The van der Waals surface area contributed by atoms with Gasteiger partial charge in [0.15, 0.2) is 1.41 Å². The zero-order valence-corrected chi connectivity index (χ0v) is 10.4. The monoisotopic (exact) mass is 282 g/mol. The minimum Gasteiger partial charge on any atom is -0.360 e. The molecule has 0 spiro atoms. The van der Waals surface area contributed by atoms with E-state index in [0.717, 1.165) is 0 Å². The van der Waals surface area contributed by atoms with E-state index in [-0.39, 0.29) is 16.6 Å². The number of H-pyrrole nitrogens is 1. The number of benzene rings is 1. The van der Waals surface area contributed by atoms with E-state index in [2.05, 4.69) is 4.98 Å². The Morgan fingerprint density at radius 2 is 2.42 bits per heavy atom. The van der Waals surface area contributed by atoms with Crippen LogP contribution in [0.3, 0.4) is 0 Å². The number of carbonyl (C=O) groups excluding carboxylic acids is 2. The summed E-state index contributed by atoms with van der Waals surface area (Å²) in [4.78, 5) is 27.2. The molecule has 5 nitrogen and oxygen atoms in total. The number of urea groups is 1. The number of imide groups is 1. The number of aromatic amines is 1. The zero-order valence-electron chi connectivity index (χ0n) is 14.6.